The summed E-state index contributed by atoms with van der Waals surface area (Å²) in [7, 11) is -3.59. The van der Waals surface area contributed by atoms with E-state index in [4.69, 9.17) is 11.6 Å². The van der Waals surface area contributed by atoms with Crippen LogP contribution in [0.2, 0.25) is 5.02 Å². The van der Waals surface area contributed by atoms with Gasteiger partial charge in [-0.05, 0) is 55.0 Å². The summed E-state index contributed by atoms with van der Waals surface area (Å²) in [5.74, 6) is 0. The molecule has 0 bridgehead atoms. The zero-order chi connectivity index (χ0) is 14.0. The van der Waals surface area contributed by atoms with E-state index in [1.165, 1.54) is 12.1 Å². The van der Waals surface area contributed by atoms with Gasteiger partial charge in [0.05, 0.1) is 10.6 Å². The molecule has 0 unspecified atom stereocenters. The van der Waals surface area contributed by atoms with Gasteiger partial charge in [-0.2, -0.15) is 0 Å². The van der Waals surface area contributed by atoms with E-state index < -0.39 is 10.0 Å². The zero-order valence-electron chi connectivity index (χ0n) is 10.0. The molecule has 0 aliphatic rings. The van der Waals surface area contributed by atoms with Crippen molar-refractivity contribution < 1.29 is 8.42 Å². The summed E-state index contributed by atoms with van der Waals surface area (Å²) >= 11 is 9.08. The maximum Gasteiger partial charge on any atom is 0.261 e. The number of rotatable bonds is 3. The highest BCUT2D eigenvalue weighted by Crippen LogP contribution is 2.22. The Balaban J connectivity index is 2.33. The van der Waals surface area contributed by atoms with Gasteiger partial charge in [0.2, 0.25) is 0 Å². The summed E-state index contributed by atoms with van der Waals surface area (Å²) in [6.45, 7) is 1.89. The molecular formula is C13H11BrClNO2S. The summed E-state index contributed by atoms with van der Waals surface area (Å²) in [5.41, 5.74) is 1.48. The van der Waals surface area contributed by atoms with Crippen LogP contribution in [0.15, 0.2) is 51.8 Å². The van der Waals surface area contributed by atoms with Gasteiger partial charge in [-0.15, -0.1) is 0 Å². The number of halogens is 2. The maximum atomic E-state index is 12.2. The molecule has 6 heteroatoms. The topological polar surface area (TPSA) is 46.2 Å². The lowest BCUT2D eigenvalue weighted by atomic mass is 10.2. The van der Waals surface area contributed by atoms with Crippen LogP contribution in [0.25, 0.3) is 0 Å². The fraction of sp³-hybridized carbons (Fsp3) is 0.0769. The minimum atomic E-state index is -3.59. The molecule has 0 aliphatic carbocycles. The molecule has 0 saturated heterocycles. The van der Waals surface area contributed by atoms with E-state index in [2.05, 4.69) is 20.7 Å². The van der Waals surface area contributed by atoms with Crippen molar-refractivity contribution >= 4 is 43.2 Å². The fourth-order valence-electron chi connectivity index (χ4n) is 1.62. The molecule has 2 aromatic rings. The van der Waals surface area contributed by atoms with E-state index in [0.717, 1.165) is 10.0 Å². The highest BCUT2D eigenvalue weighted by molar-refractivity contribution is 9.10. The number of sulfonamides is 1. The average molecular weight is 361 g/mol. The van der Waals surface area contributed by atoms with Gasteiger partial charge < -0.3 is 0 Å². The van der Waals surface area contributed by atoms with Crippen LogP contribution in [0, 0.1) is 6.92 Å². The molecule has 0 aromatic heterocycles. The van der Waals surface area contributed by atoms with Crippen LogP contribution >= 0.6 is 27.5 Å². The minimum Gasteiger partial charge on any atom is -0.280 e. The lowest BCUT2D eigenvalue weighted by Crippen LogP contribution is -2.12. The molecule has 0 atom stereocenters. The Kier molecular flexibility index (Phi) is 4.18. The van der Waals surface area contributed by atoms with Crippen LogP contribution in [-0.2, 0) is 10.0 Å². The molecule has 0 heterocycles. The standard InChI is InChI=1S/C13H11BrClNO2S/c1-9-6-10(14)8-12(7-9)16-19(17,18)13-4-2-11(15)3-5-13/h2-8,16H,1H3. The van der Waals surface area contributed by atoms with Crippen molar-refractivity contribution in [3.63, 3.8) is 0 Å². The summed E-state index contributed by atoms with van der Waals surface area (Å²) in [5, 5.41) is 0.497. The van der Waals surface area contributed by atoms with Crippen LogP contribution in [0.5, 0.6) is 0 Å². The molecule has 0 fully saturated rings. The first kappa shape index (κ1) is 14.4. The predicted octanol–water partition coefficient (Wildman–Crippen LogP) is 4.21. The van der Waals surface area contributed by atoms with Crippen LogP contribution < -0.4 is 4.72 Å². The number of benzene rings is 2. The number of hydrogen-bond donors (Lipinski definition) is 1. The minimum absolute atomic E-state index is 0.175. The third kappa shape index (κ3) is 3.72. The number of aryl methyl sites for hydroxylation is 1. The Morgan fingerprint density at radius 3 is 2.32 bits per heavy atom. The third-order valence-corrected chi connectivity index (χ3v) is 4.53. The Bertz CT molecular complexity index is 679. The van der Waals surface area contributed by atoms with Gasteiger partial charge in [-0.3, -0.25) is 4.72 Å². The van der Waals surface area contributed by atoms with Gasteiger partial charge in [-0.1, -0.05) is 27.5 Å². The van der Waals surface area contributed by atoms with E-state index in [0.29, 0.717) is 10.7 Å². The molecule has 100 valence electrons. The van der Waals surface area contributed by atoms with Gasteiger partial charge >= 0.3 is 0 Å². The molecule has 2 rings (SSSR count). The van der Waals surface area contributed by atoms with Crippen molar-refractivity contribution in [3.05, 3.63) is 57.5 Å². The fourth-order valence-corrected chi connectivity index (χ4v) is 3.40. The molecular weight excluding hydrogens is 350 g/mol. The average Bonchev–Trinajstić information content (AvgIpc) is 2.27. The third-order valence-electron chi connectivity index (χ3n) is 2.42. The molecule has 2 aromatic carbocycles. The maximum absolute atomic E-state index is 12.2. The highest BCUT2D eigenvalue weighted by atomic mass is 79.9. The summed E-state index contributed by atoms with van der Waals surface area (Å²) < 4.78 is 27.7. The van der Waals surface area contributed by atoms with Gasteiger partial charge in [0.15, 0.2) is 0 Å². The van der Waals surface area contributed by atoms with Crippen molar-refractivity contribution in [3.8, 4) is 0 Å². The molecule has 3 nitrogen and oxygen atoms in total. The van der Waals surface area contributed by atoms with E-state index in [1.807, 2.05) is 13.0 Å². The van der Waals surface area contributed by atoms with Crippen molar-refractivity contribution in [1.29, 1.82) is 0 Å². The van der Waals surface area contributed by atoms with E-state index in [-0.39, 0.29) is 4.90 Å². The van der Waals surface area contributed by atoms with Gasteiger partial charge in [0.25, 0.3) is 10.0 Å². The second-order valence-electron chi connectivity index (χ2n) is 4.08. The number of anilines is 1. The lowest BCUT2D eigenvalue weighted by molar-refractivity contribution is 0.601. The molecule has 0 amide bonds. The van der Waals surface area contributed by atoms with Crippen molar-refractivity contribution in [2.24, 2.45) is 0 Å². The number of hydrogen-bond acceptors (Lipinski definition) is 2. The molecule has 1 N–H and O–H groups in total. The lowest BCUT2D eigenvalue weighted by Gasteiger charge is -2.09. The number of nitrogens with one attached hydrogen (secondary N) is 1. The Morgan fingerprint density at radius 2 is 1.74 bits per heavy atom. The van der Waals surface area contributed by atoms with Crippen LogP contribution in [0.1, 0.15) is 5.56 Å². The monoisotopic (exact) mass is 359 g/mol. The SMILES string of the molecule is Cc1cc(Br)cc(NS(=O)(=O)c2ccc(Cl)cc2)c1. The van der Waals surface area contributed by atoms with Gasteiger partial charge in [0, 0.05) is 9.50 Å². The molecule has 0 spiro atoms. The first-order valence-corrected chi connectivity index (χ1v) is 8.08. The highest BCUT2D eigenvalue weighted by Gasteiger charge is 2.14. The van der Waals surface area contributed by atoms with Crippen molar-refractivity contribution in [1.82, 2.24) is 0 Å². The molecule has 0 radical (unpaired) electrons. The van der Waals surface area contributed by atoms with Gasteiger partial charge in [0.1, 0.15) is 0 Å². The molecule has 0 saturated carbocycles. The largest absolute Gasteiger partial charge is 0.280 e. The zero-order valence-corrected chi connectivity index (χ0v) is 13.2. The second-order valence-corrected chi connectivity index (χ2v) is 7.11. The normalized spacial score (nSPS) is 11.3. The van der Waals surface area contributed by atoms with Crippen LogP contribution in [0.4, 0.5) is 5.69 Å². The summed E-state index contributed by atoms with van der Waals surface area (Å²) in [4.78, 5) is 0.175. The first-order valence-electron chi connectivity index (χ1n) is 5.42. The Morgan fingerprint density at radius 1 is 1.11 bits per heavy atom. The summed E-state index contributed by atoms with van der Waals surface area (Å²) in [6, 6.07) is 11.4. The quantitative estimate of drug-likeness (QED) is 0.891. The first-order chi connectivity index (χ1) is 8.87. The molecule has 19 heavy (non-hydrogen) atoms. The smallest absolute Gasteiger partial charge is 0.261 e. The van der Waals surface area contributed by atoms with E-state index in [1.54, 1.807) is 24.3 Å². The van der Waals surface area contributed by atoms with Gasteiger partial charge in [-0.25, -0.2) is 8.42 Å². The second kappa shape index (κ2) is 5.53. The van der Waals surface area contributed by atoms with Crippen molar-refractivity contribution in [2.75, 3.05) is 4.72 Å². The van der Waals surface area contributed by atoms with E-state index >= 15 is 0 Å². The van der Waals surface area contributed by atoms with Crippen molar-refractivity contribution in [2.45, 2.75) is 11.8 Å². The van der Waals surface area contributed by atoms with E-state index in [9.17, 15) is 8.42 Å². The summed E-state index contributed by atoms with van der Waals surface area (Å²) in [6.07, 6.45) is 0. The predicted molar refractivity (Wildman–Crippen MR) is 81.1 cm³/mol. The Labute approximate surface area is 125 Å². The molecule has 0 aliphatic heterocycles. The van der Waals surface area contributed by atoms with Crippen LogP contribution in [-0.4, -0.2) is 8.42 Å². The Hall–Kier alpha value is -1.04. The van der Waals surface area contributed by atoms with Crippen LogP contribution in [0.3, 0.4) is 0 Å².